The predicted octanol–water partition coefficient (Wildman–Crippen LogP) is 0.550. The first-order valence-electron chi connectivity index (χ1n) is 7.46. The molecule has 3 unspecified atom stereocenters. The maximum absolute atomic E-state index is 9.52. The number of rotatable bonds is 4. The minimum atomic E-state index is 0.0719. The van der Waals surface area contributed by atoms with Crippen LogP contribution in [-0.4, -0.2) is 54.9 Å². The molecule has 1 saturated carbocycles. The van der Waals surface area contributed by atoms with Gasteiger partial charge in [-0.3, -0.25) is 0 Å². The summed E-state index contributed by atoms with van der Waals surface area (Å²) in [6, 6.07) is 0.457. The smallest absolute Gasteiger partial charge is 0.0474 e. The molecule has 1 aliphatic heterocycles. The summed E-state index contributed by atoms with van der Waals surface area (Å²) >= 11 is 0. The molecule has 0 radical (unpaired) electrons. The van der Waals surface area contributed by atoms with Gasteiger partial charge in [0.1, 0.15) is 0 Å². The lowest BCUT2D eigenvalue weighted by Crippen LogP contribution is -2.64. The molecule has 4 N–H and O–H groups in total. The van der Waals surface area contributed by atoms with Crippen LogP contribution in [0.3, 0.4) is 0 Å². The molecular formula is C14H29N3O. The summed E-state index contributed by atoms with van der Waals surface area (Å²) < 4.78 is 0. The lowest BCUT2D eigenvalue weighted by molar-refractivity contribution is 0.0896. The van der Waals surface area contributed by atoms with Crippen LogP contribution in [0.1, 0.15) is 38.5 Å². The van der Waals surface area contributed by atoms with Crippen LogP contribution in [0.5, 0.6) is 0 Å². The van der Waals surface area contributed by atoms with E-state index in [1.54, 1.807) is 0 Å². The lowest BCUT2D eigenvalue weighted by Gasteiger charge is -2.46. The van der Waals surface area contributed by atoms with Gasteiger partial charge in [0.2, 0.25) is 0 Å². The molecule has 1 aliphatic carbocycles. The molecule has 0 aromatic heterocycles. The lowest BCUT2D eigenvalue weighted by atomic mass is 9.81. The summed E-state index contributed by atoms with van der Waals surface area (Å²) in [7, 11) is 2.18. The first-order chi connectivity index (χ1) is 8.69. The Bertz CT molecular complexity index is 261. The third-order valence-corrected chi connectivity index (χ3v) is 4.79. The molecule has 3 atom stereocenters. The average molecular weight is 255 g/mol. The molecule has 0 spiro atoms. The van der Waals surface area contributed by atoms with Gasteiger partial charge in [-0.1, -0.05) is 12.8 Å². The van der Waals surface area contributed by atoms with E-state index in [1.807, 2.05) is 0 Å². The molecule has 4 nitrogen and oxygen atoms in total. The molecule has 2 fully saturated rings. The van der Waals surface area contributed by atoms with Crippen molar-refractivity contribution in [2.45, 2.75) is 50.1 Å². The molecule has 0 amide bonds. The van der Waals surface area contributed by atoms with Crippen LogP contribution in [0.25, 0.3) is 0 Å². The van der Waals surface area contributed by atoms with E-state index < -0.39 is 0 Å². The van der Waals surface area contributed by atoms with Crippen molar-refractivity contribution in [3.05, 3.63) is 0 Å². The number of hydrogen-bond acceptors (Lipinski definition) is 4. The molecule has 0 bridgehead atoms. The Balaban J connectivity index is 1.99. The predicted molar refractivity (Wildman–Crippen MR) is 74.5 cm³/mol. The van der Waals surface area contributed by atoms with Gasteiger partial charge < -0.3 is 21.1 Å². The zero-order valence-corrected chi connectivity index (χ0v) is 11.7. The number of nitrogens with two attached hydrogens (primary N) is 1. The van der Waals surface area contributed by atoms with Crippen molar-refractivity contribution < 1.29 is 5.11 Å². The van der Waals surface area contributed by atoms with Gasteiger partial charge in [-0.05, 0) is 45.2 Å². The average Bonchev–Trinajstić information content (AvgIpc) is 2.39. The fourth-order valence-electron chi connectivity index (χ4n) is 3.71. The SMILES string of the molecule is CN1CCCC(CN)(NC2CCCCC2CO)C1. The van der Waals surface area contributed by atoms with Gasteiger partial charge in [0.15, 0.2) is 0 Å². The van der Waals surface area contributed by atoms with Crippen LogP contribution in [0.4, 0.5) is 0 Å². The molecule has 1 heterocycles. The van der Waals surface area contributed by atoms with Crippen molar-refractivity contribution in [1.82, 2.24) is 10.2 Å². The van der Waals surface area contributed by atoms with Gasteiger partial charge in [0.05, 0.1) is 0 Å². The second kappa shape index (κ2) is 6.33. The minimum Gasteiger partial charge on any atom is -0.396 e. The zero-order chi connectivity index (χ0) is 13.0. The number of aliphatic hydroxyl groups is 1. The maximum Gasteiger partial charge on any atom is 0.0474 e. The third-order valence-electron chi connectivity index (χ3n) is 4.79. The Kier molecular flexibility index (Phi) is 5.01. The first-order valence-corrected chi connectivity index (χ1v) is 7.46. The van der Waals surface area contributed by atoms with Crippen molar-refractivity contribution in [3.63, 3.8) is 0 Å². The van der Waals surface area contributed by atoms with E-state index in [0.29, 0.717) is 25.1 Å². The highest BCUT2D eigenvalue weighted by Gasteiger charge is 2.37. The van der Waals surface area contributed by atoms with Gasteiger partial charge in [-0.15, -0.1) is 0 Å². The van der Waals surface area contributed by atoms with E-state index in [-0.39, 0.29) is 5.54 Å². The highest BCUT2D eigenvalue weighted by atomic mass is 16.3. The number of nitrogens with zero attached hydrogens (tertiary/aromatic N) is 1. The van der Waals surface area contributed by atoms with E-state index >= 15 is 0 Å². The van der Waals surface area contributed by atoms with Gasteiger partial charge >= 0.3 is 0 Å². The summed E-state index contributed by atoms with van der Waals surface area (Å²) in [5.41, 5.74) is 6.12. The Hall–Kier alpha value is -0.160. The van der Waals surface area contributed by atoms with E-state index in [1.165, 1.54) is 38.6 Å². The fourth-order valence-corrected chi connectivity index (χ4v) is 3.71. The van der Waals surface area contributed by atoms with Gasteiger partial charge in [-0.2, -0.15) is 0 Å². The second-order valence-electron chi connectivity index (χ2n) is 6.30. The van der Waals surface area contributed by atoms with Gasteiger partial charge in [-0.25, -0.2) is 0 Å². The molecular weight excluding hydrogens is 226 g/mol. The van der Waals surface area contributed by atoms with E-state index in [4.69, 9.17) is 5.73 Å². The Morgan fingerprint density at radius 2 is 2.11 bits per heavy atom. The topological polar surface area (TPSA) is 61.5 Å². The summed E-state index contributed by atoms with van der Waals surface area (Å²) in [5, 5.41) is 13.3. The van der Waals surface area contributed by atoms with Crippen molar-refractivity contribution in [3.8, 4) is 0 Å². The number of piperidine rings is 1. The molecule has 1 saturated heterocycles. The van der Waals surface area contributed by atoms with Crippen LogP contribution in [0.15, 0.2) is 0 Å². The van der Waals surface area contributed by atoms with Crippen molar-refractivity contribution in [1.29, 1.82) is 0 Å². The molecule has 18 heavy (non-hydrogen) atoms. The van der Waals surface area contributed by atoms with Crippen molar-refractivity contribution in [2.24, 2.45) is 11.7 Å². The van der Waals surface area contributed by atoms with Crippen LogP contribution in [0, 0.1) is 5.92 Å². The largest absolute Gasteiger partial charge is 0.396 e. The quantitative estimate of drug-likeness (QED) is 0.686. The summed E-state index contributed by atoms with van der Waals surface area (Å²) in [4.78, 5) is 2.38. The van der Waals surface area contributed by atoms with Crippen LogP contribution in [0.2, 0.25) is 0 Å². The zero-order valence-electron chi connectivity index (χ0n) is 11.7. The highest BCUT2D eigenvalue weighted by molar-refractivity contribution is 4.98. The maximum atomic E-state index is 9.52. The molecule has 0 aromatic carbocycles. The fraction of sp³-hybridized carbons (Fsp3) is 1.00. The number of hydrogen-bond donors (Lipinski definition) is 3. The van der Waals surface area contributed by atoms with Crippen molar-refractivity contribution >= 4 is 0 Å². The highest BCUT2D eigenvalue weighted by Crippen LogP contribution is 2.28. The summed E-state index contributed by atoms with van der Waals surface area (Å²) in [6.45, 7) is 3.23. The van der Waals surface area contributed by atoms with E-state index in [0.717, 1.165) is 13.0 Å². The molecule has 4 heteroatoms. The standard InChI is InChI=1S/C14H29N3O/c1-17-8-4-7-14(10-15,11-17)16-13-6-3-2-5-12(13)9-18/h12-13,16,18H,2-11,15H2,1H3. The van der Waals surface area contributed by atoms with Crippen LogP contribution in [-0.2, 0) is 0 Å². The van der Waals surface area contributed by atoms with Crippen LogP contribution >= 0.6 is 0 Å². The summed E-state index contributed by atoms with van der Waals surface area (Å²) in [6.07, 6.45) is 7.28. The molecule has 0 aromatic rings. The molecule has 2 rings (SSSR count). The van der Waals surface area contributed by atoms with Crippen molar-refractivity contribution in [2.75, 3.05) is 33.3 Å². The number of nitrogens with one attached hydrogen (secondary N) is 1. The van der Waals surface area contributed by atoms with E-state index in [2.05, 4.69) is 17.3 Å². The van der Waals surface area contributed by atoms with Gasteiger partial charge in [0.25, 0.3) is 0 Å². The molecule has 2 aliphatic rings. The van der Waals surface area contributed by atoms with Crippen LogP contribution < -0.4 is 11.1 Å². The molecule has 106 valence electrons. The van der Waals surface area contributed by atoms with Gasteiger partial charge in [0, 0.05) is 31.3 Å². The third kappa shape index (κ3) is 3.23. The normalized spacial score (nSPS) is 38.8. The monoisotopic (exact) mass is 255 g/mol. The Labute approximate surface area is 111 Å². The second-order valence-corrected chi connectivity index (χ2v) is 6.30. The Morgan fingerprint density at radius 3 is 2.78 bits per heavy atom. The minimum absolute atomic E-state index is 0.0719. The first kappa shape index (κ1) is 14.3. The Morgan fingerprint density at radius 1 is 1.33 bits per heavy atom. The number of likely N-dealkylation sites (N-methyl/N-ethyl adjacent to an activating group) is 1. The number of likely N-dealkylation sites (tertiary alicyclic amines) is 1. The van der Waals surface area contributed by atoms with E-state index in [9.17, 15) is 5.11 Å². The number of aliphatic hydroxyl groups excluding tert-OH is 1. The summed E-state index contributed by atoms with van der Waals surface area (Å²) in [5.74, 6) is 0.425.